The molecule has 0 saturated carbocycles. The van der Waals surface area contributed by atoms with Crippen molar-refractivity contribution >= 4 is 0 Å². The molecule has 0 fully saturated rings. The summed E-state index contributed by atoms with van der Waals surface area (Å²) in [5.74, 6) is 0.461. The van der Waals surface area contributed by atoms with Crippen LogP contribution in [0.5, 0.6) is 0 Å². The topological polar surface area (TPSA) is 87.4 Å². The third kappa shape index (κ3) is 14.1. The predicted octanol–water partition coefficient (Wildman–Crippen LogP) is 0.530. The zero-order valence-electron chi connectivity index (χ0n) is 16.2. The van der Waals surface area contributed by atoms with Crippen LogP contribution in [0.4, 0.5) is 0 Å². The Balaban J connectivity index is 4.24. The maximum Gasteiger partial charge on any atom is 0.0639 e. The van der Waals surface area contributed by atoms with Crippen molar-refractivity contribution in [2.45, 2.75) is 71.9 Å². The summed E-state index contributed by atoms with van der Waals surface area (Å²) in [6.07, 6.45) is 0.443. The van der Waals surface area contributed by atoms with Gasteiger partial charge in [-0.1, -0.05) is 6.92 Å². The van der Waals surface area contributed by atoms with Gasteiger partial charge >= 0.3 is 0 Å². The molecule has 0 aromatic rings. The Morgan fingerprint density at radius 3 is 1.33 bits per heavy atom. The lowest BCUT2D eigenvalue weighted by Crippen LogP contribution is -2.39. The Kier molecular flexibility index (Phi) is 12.9. The van der Waals surface area contributed by atoms with Gasteiger partial charge in [0.05, 0.1) is 24.4 Å². The van der Waals surface area contributed by atoms with Gasteiger partial charge in [-0.05, 0) is 53.0 Å². The summed E-state index contributed by atoms with van der Waals surface area (Å²) in [6, 6.07) is 0. The summed E-state index contributed by atoms with van der Waals surface area (Å²) in [5, 5.41) is 38.3. The summed E-state index contributed by atoms with van der Waals surface area (Å²) >= 11 is 0. The van der Waals surface area contributed by atoms with E-state index in [4.69, 9.17) is 0 Å². The summed E-state index contributed by atoms with van der Waals surface area (Å²) in [6.45, 7) is 13.3. The molecule has 0 aliphatic rings. The Morgan fingerprint density at radius 2 is 0.958 bits per heavy atom. The van der Waals surface area contributed by atoms with E-state index in [-0.39, 0.29) is 0 Å². The second-order valence-electron chi connectivity index (χ2n) is 7.62. The SMILES string of the molecule is CC(O)CN(CCCC(C)CN(CC(C)O)CC(C)O)CC(C)O. The van der Waals surface area contributed by atoms with E-state index in [2.05, 4.69) is 16.7 Å². The van der Waals surface area contributed by atoms with Gasteiger partial charge in [0, 0.05) is 32.7 Å². The predicted molar refractivity (Wildman–Crippen MR) is 98.0 cm³/mol. The number of rotatable bonds is 14. The Hall–Kier alpha value is -0.240. The first-order chi connectivity index (χ1) is 11.1. The van der Waals surface area contributed by atoms with Crippen molar-refractivity contribution in [1.82, 2.24) is 9.80 Å². The first kappa shape index (κ1) is 23.8. The van der Waals surface area contributed by atoms with Gasteiger partial charge in [0.2, 0.25) is 0 Å². The Morgan fingerprint density at radius 1 is 0.583 bits per heavy atom. The molecule has 0 saturated heterocycles. The molecule has 0 spiro atoms. The van der Waals surface area contributed by atoms with Crippen LogP contribution in [-0.4, -0.2) is 93.9 Å². The van der Waals surface area contributed by atoms with Crippen LogP contribution >= 0.6 is 0 Å². The van der Waals surface area contributed by atoms with Crippen molar-refractivity contribution in [3.63, 3.8) is 0 Å². The molecule has 0 aliphatic carbocycles. The molecule has 0 aromatic carbocycles. The first-order valence-electron chi connectivity index (χ1n) is 9.27. The van der Waals surface area contributed by atoms with E-state index < -0.39 is 24.4 Å². The number of hydrogen-bond acceptors (Lipinski definition) is 6. The number of aliphatic hydroxyl groups excluding tert-OH is 4. The lowest BCUT2D eigenvalue weighted by atomic mass is 10.0. The molecular formula is C18H40N2O4. The standard InChI is InChI=1S/C18H40N2O4/c1-14(9-20(12-17(4)23)13-18(5)24)7-6-8-19(10-15(2)21)11-16(3)22/h14-18,21-24H,6-13H2,1-5H3. The van der Waals surface area contributed by atoms with Gasteiger partial charge in [-0.2, -0.15) is 0 Å². The summed E-state index contributed by atoms with van der Waals surface area (Å²) in [7, 11) is 0. The average Bonchev–Trinajstić information content (AvgIpc) is 2.34. The van der Waals surface area contributed by atoms with Crippen LogP contribution < -0.4 is 0 Å². The van der Waals surface area contributed by atoms with E-state index >= 15 is 0 Å². The lowest BCUT2D eigenvalue weighted by molar-refractivity contribution is 0.0713. The van der Waals surface area contributed by atoms with Gasteiger partial charge in [-0.3, -0.25) is 9.80 Å². The van der Waals surface area contributed by atoms with E-state index in [1.165, 1.54) is 0 Å². The molecule has 24 heavy (non-hydrogen) atoms. The second kappa shape index (κ2) is 13.0. The Bertz CT molecular complexity index is 279. The number of nitrogens with zero attached hydrogens (tertiary/aromatic N) is 2. The molecule has 4 N–H and O–H groups in total. The molecule has 0 radical (unpaired) electrons. The van der Waals surface area contributed by atoms with Crippen LogP contribution in [-0.2, 0) is 0 Å². The van der Waals surface area contributed by atoms with Crippen LogP contribution in [0.3, 0.4) is 0 Å². The van der Waals surface area contributed by atoms with E-state index in [0.29, 0.717) is 32.1 Å². The summed E-state index contributed by atoms with van der Waals surface area (Å²) in [5.41, 5.74) is 0. The lowest BCUT2D eigenvalue weighted by Gasteiger charge is -2.29. The highest BCUT2D eigenvalue weighted by molar-refractivity contribution is 4.70. The second-order valence-corrected chi connectivity index (χ2v) is 7.62. The fourth-order valence-electron chi connectivity index (χ4n) is 3.17. The first-order valence-corrected chi connectivity index (χ1v) is 9.27. The largest absolute Gasteiger partial charge is 0.392 e. The van der Waals surface area contributed by atoms with Crippen molar-refractivity contribution in [3.05, 3.63) is 0 Å². The molecule has 0 heterocycles. The normalized spacial score (nSPS) is 18.6. The van der Waals surface area contributed by atoms with Crippen LogP contribution in [0.25, 0.3) is 0 Å². The average molecular weight is 349 g/mol. The molecule has 5 unspecified atom stereocenters. The van der Waals surface area contributed by atoms with Crippen LogP contribution in [0.2, 0.25) is 0 Å². The van der Waals surface area contributed by atoms with Crippen LogP contribution in [0.15, 0.2) is 0 Å². The molecule has 6 heteroatoms. The minimum absolute atomic E-state index is 0.395. The molecule has 146 valence electrons. The molecular weight excluding hydrogens is 308 g/mol. The molecule has 0 rings (SSSR count). The highest BCUT2D eigenvalue weighted by Gasteiger charge is 2.16. The van der Waals surface area contributed by atoms with Gasteiger partial charge in [0.15, 0.2) is 0 Å². The van der Waals surface area contributed by atoms with E-state index in [1.807, 2.05) is 0 Å². The van der Waals surface area contributed by atoms with Gasteiger partial charge in [-0.25, -0.2) is 0 Å². The van der Waals surface area contributed by atoms with Crippen molar-refractivity contribution in [2.75, 3.05) is 39.3 Å². The number of aliphatic hydroxyl groups is 4. The van der Waals surface area contributed by atoms with E-state index in [0.717, 1.165) is 25.9 Å². The van der Waals surface area contributed by atoms with Crippen molar-refractivity contribution in [3.8, 4) is 0 Å². The van der Waals surface area contributed by atoms with Crippen LogP contribution in [0.1, 0.15) is 47.5 Å². The van der Waals surface area contributed by atoms with Crippen molar-refractivity contribution < 1.29 is 20.4 Å². The zero-order chi connectivity index (χ0) is 18.7. The Labute approximate surface area is 148 Å². The molecule has 6 nitrogen and oxygen atoms in total. The van der Waals surface area contributed by atoms with Gasteiger partial charge in [-0.15, -0.1) is 0 Å². The van der Waals surface area contributed by atoms with Crippen LogP contribution in [0, 0.1) is 5.92 Å². The summed E-state index contributed by atoms with van der Waals surface area (Å²) in [4.78, 5) is 4.22. The summed E-state index contributed by atoms with van der Waals surface area (Å²) < 4.78 is 0. The van der Waals surface area contributed by atoms with E-state index in [9.17, 15) is 20.4 Å². The highest BCUT2D eigenvalue weighted by atomic mass is 16.3. The highest BCUT2D eigenvalue weighted by Crippen LogP contribution is 2.11. The minimum atomic E-state index is -0.400. The number of hydrogen-bond donors (Lipinski definition) is 4. The van der Waals surface area contributed by atoms with Gasteiger partial charge < -0.3 is 20.4 Å². The molecule has 0 amide bonds. The molecule has 0 bridgehead atoms. The molecule has 5 atom stereocenters. The third-order valence-electron chi connectivity index (χ3n) is 3.83. The maximum absolute atomic E-state index is 9.59. The van der Waals surface area contributed by atoms with Gasteiger partial charge in [0.1, 0.15) is 0 Å². The van der Waals surface area contributed by atoms with Crippen molar-refractivity contribution in [2.24, 2.45) is 5.92 Å². The molecule has 0 aliphatic heterocycles. The fraction of sp³-hybridized carbons (Fsp3) is 1.00. The molecule has 0 aromatic heterocycles. The fourth-order valence-corrected chi connectivity index (χ4v) is 3.17. The maximum atomic E-state index is 9.59. The van der Waals surface area contributed by atoms with Gasteiger partial charge in [0.25, 0.3) is 0 Å². The monoisotopic (exact) mass is 348 g/mol. The zero-order valence-corrected chi connectivity index (χ0v) is 16.2. The van der Waals surface area contributed by atoms with Crippen molar-refractivity contribution in [1.29, 1.82) is 0 Å². The quantitative estimate of drug-likeness (QED) is 0.366. The van der Waals surface area contributed by atoms with E-state index in [1.54, 1.807) is 27.7 Å². The smallest absolute Gasteiger partial charge is 0.0639 e. The third-order valence-corrected chi connectivity index (χ3v) is 3.83. The minimum Gasteiger partial charge on any atom is -0.392 e.